The molecular formula is C18H21ClN2O2. The molecule has 0 aliphatic rings. The van der Waals surface area contributed by atoms with E-state index in [0.717, 1.165) is 16.7 Å². The minimum absolute atomic E-state index is 0.232. The standard InChI is InChI=1S/C18H21ClN2O2/c1-12-3-5-14(6-4-12)17(20)18(22)21-11-16(23-2)13-7-9-15(19)10-8-13/h3-10,16-17H,11,20H2,1-2H3,(H,21,22). The van der Waals surface area contributed by atoms with Gasteiger partial charge in [-0.25, -0.2) is 0 Å². The van der Waals surface area contributed by atoms with Crippen molar-refractivity contribution in [3.05, 3.63) is 70.2 Å². The van der Waals surface area contributed by atoms with Crippen molar-refractivity contribution in [2.75, 3.05) is 13.7 Å². The van der Waals surface area contributed by atoms with Crippen LogP contribution in [-0.4, -0.2) is 19.6 Å². The van der Waals surface area contributed by atoms with Crippen LogP contribution in [0.2, 0.25) is 5.02 Å². The molecule has 0 heterocycles. The Hall–Kier alpha value is -1.88. The molecular weight excluding hydrogens is 312 g/mol. The summed E-state index contributed by atoms with van der Waals surface area (Å²) in [5.74, 6) is -0.232. The fourth-order valence-electron chi connectivity index (χ4n) is 2.24. The van der Waals surface area contributed by atoms with Crippen molar-refractivity contribution in [3.63, 3.8) is 0 Å². The molecule has 0 saturated heterocycles. The summed E-state index contributed by atoms with van der Waals surface area (Å²) in [7, 11) is 1.60. The Labute approximate surface area is 141 Å². The zero-order valence-corrected chi connectivity index (χ0v) is 14.0. The first-order valence-corrected chi connectivity index (χ1v) is 7.77. The fourth-order valence-corrected chi connectivity index (χ4v) is 2.37. The molecule has 2 rings (SSSR count). The number of amides is 1. The average molecular weight is 333 g/mol. The molecule has 0 bridgehead atoms. The molecule has 2 unspecified atom stereocenters. The van der Waals surface area contributed by atoms with Gasteiger partial charge in [0.05, 0.1) is 6.10 Å². The molecule has 0 radical (unpaired) electrons. The van der Waals surface area contributed by atoms with E-state index in [1.54, 1.807) is 19.2 Å². The third-order valence-corrected chi connectivity index (χ3v) is 3.96. The Kier molecular flexibility index (Phi) is 6.16. The van der Waals surface area contributed by atoms with Crippen molar-refractivity contribution in [1.82, 2.24) is 5.32 Å². The number of nitrogens with two attached hydrogens (primary N) is 1. The SMILES string of the molecule is COC(CNC(=O)C(N)c1ccc(C)cc1)c1ccc(Cl)cc1. The van der Waals surface area contributed by atoms with Crippen molar-refractivity contribution < 1.29 is 9.53 Å². The van der Waals surface area contributed by atoms with Gasteiger partial charge in [0.15, 0.2) is 0 Å². The molecule has 3 N–H and O–H groups in total. The van der Waals surface area contributed by atoms with Crippen LogP contribution >= 0.6 is 11.6 Å². The number of ether oxygens (including phenoxy) is 1. The van der Waals surface area contributed by atoms with E-state index in [4.69, 9.17) is 22.1 Å². The highest BCUT2D eigenvalue weighted by atomic mass is 35.5. The predicted octanol–water partition coefficient (Wildman–Crippen LogP) is 3.15. The average Bonchev–Trinajstić information content (AvgIpc) is 2.56. The summed E-state index contributed by atoms with van der Waals surface area (Å²) in [5, 5.41) is 3.50. The minimum atomic E-state index is -0.696. The van der Waals surface area contributed by atoms with E-state index in [9.17, 15) is 4.79 Å². The lowest BCUT2D eigenvalue weighted by molar-refractivity contribution is -0.123. The van der Waals surface area contributed by atoms with Gasteiger partial charge in [0.25, 0.3) is 0 Å². The Morgan fingerprint density at radius 3 is 2.26 bits per heavy atom. The predicted molar refractivity (Wildman–Crippen MR) is 92.3 cm³/mol. The van der Waals surface area contributed by atoms with Gasteiger partial charge in [0, 0.05) is 18.7 Å². The van der Waals surface area contributed by atoms with E-state index in [2.05, 4.69) is 5.32 Å². The molecule has 4 nitrogen and oxygen atoms in total. The smallest absolute Gasteiger partial charge is 0.241 e. The van der Waals surface area contributed by atoms with Gasteiger partial charge in [-0.3, -0.25) is 4.79 Å². The second-order valence-electron chi connectivity index (χ2n) is 5.41. The van der Waals surface area contributed by atoms with E-state index in [0.29, 0.717) is 11.6 Å². The maximum atomic E-state index is 12.2. The van der Waals surface area contributed by atoms with Crippen LogP contribution in [0.3, 0.4) is 0 Å². The number of hydrogen-bond acceptors (Lipinski definition) is 3. The van der Waals surface area contributed by atoms with E-state index in [-0.39, 0.29) is 12.0 Å². The summed E-state index contributed by atoms with van der Waals surface area (Å²) in [4.78, 5) is 12.2. The number of nitrogens with one attached hydrogen (secondary N) is 1. The van der Waals surface area contributed by atoms with Gasteiger partial charge in [-0.2, -0.15) is 0 Å². The van der Waals surface area contributed by atoms with Gasteiger partial charge in [0.2, 0.25) is 5.91 Å². The Balaban J connectivity index is 1.96. The molecule has 0 aromatic heterocycles. The molecule has 0 aliphatic heterocycles. The summed E-state index contributed by atoms with van der Waals surface area (Å²) in [6.45, 7) is 2.33. The van der Waals surface area contributed by atoms with Crippen LogP contribution in [0.1, 0.15) is 28.8 Å². The highest BCUT2D eigenvalue weighted by Gasteiger charge is 2.18. The lowest BCUT2D eigenvalue weighted by Crippen LogP contribution is -2.36. The van der Waals surface area contributed by atoms with Crippen LogP contribution in [0.4, 0.5) is 0 Å². The summed E-state index contributed by atoms with van der Waals surface area (Å²) in [5.41, 5.74) is 8.86. The van der Waals surface area contributed by atoms with Crippen LogP contribution in [0, 0.1) is 6.92 Å². The molecule has 2 atom stereocenters. The lowest BCUT2D eigenvalue weighted by atomic mass is 10.0. The second kappa shape index (κ2) is 8.11. The molecule has 0 spiro atoms. The summed E-state index contributed by atoms with van der Waals surface area (Å²) >= 11 is 5.88. The van der Waals surface area contributed by atoms with Gasteiger partial charge >= 0.3 is 0 Å². The molecule has 0 aliphatic carbocycles. The van der Waals surface area contributed by atoms with Crippen molar-refractivity contribution >= 4 is 17.5 Å². The lowest BCUT2D eigenvalue weighted by Gasteiger charge is -2.19. The number of hydrogen-bond donors (Lipinski definition) is 2. The maximum Gasteiger partial charge on any atom is 0.241 e. The Morgan fingerprint density at radius 2 is 1.70 bits per heavy atom. The van der Waals surface area contributed by atoms with Crippen molar-refractivity contribution in [3.8, 4) is 0 Å². The maximum absolute atomic E-state index is 12.2. The topological polar surface area (TPSA) is 64.3 Å². The zero-order chi connectivity index (χ0) is 16.8. The van der Waals surface area contributed by atoms with Gasteiger partial charge < -0.3 is 15.8 Å². The summed E-state index contributed by atoms with van der Waals surface area (Å²) in [6.07, 6.45) is -0.249. The van der Waals surface area contributed by atoms with E-state index in [1.807, 2.05) is 43.3 Å². The third kappa shape index (κ3) is 4.79. The highest BCUT2D eigenvalue weighted by molar-refractivity contribution is 6.30. The first-order valence-electron chi connectivity index (χ1n) is 7.39. The van der Waals surface area contributed by atoms with Crippen LogP contribution in [-0.2, 0) is 9.53 Å². The zero-order valence-electron chi connectivity index (χ0n) is 13.3. The van der Waals surface area contributed by atoms with Crippen LogP contribution < -0.4 is 11.1 Å². The molecule has 2 aromatic rings. The number of aryl methyl sites for hydroxylation is 1. The van der Waals surface area contributed by atoms with Crippen LogP contribution in [0.25, 0.3) is 0 Å². The highest BCUT2D eigenvalue weighted by Crippen LogP contribution is 2.19. The number of rotatable bonds is 6. The van der Waals surface area contributed by atoms with Gasteiger partial charge in [-0.15, -0.1) is 0 Å². The first kappa shape index (κ1) is 17.5. The molecule has 23 heavy (non-hydrogen) atoms. The monoisotopic (exact) mass is 332 g/mol. The molecule has 0 saturated carbocycles. The van der Waals surface area contributed by atoms with Gasteiger partial charge in [0.1, 0.15) is 6.04 Å². The Bertz CT molecular complexity index is 641. The summed E-state index contributed by atoms with van der Waals surface area (Å²) < 4.78 is 5.43. The molecule has 2 aromatic carbocycles. The number of carbonyl (C=O) groups excluding carboxylic acids is 1. The van der Waals surface area contributed by atoms with Gasteiger partial charge in [-0.1, -0.05) is 53.6 Å². The largest absolute Gasteiger partial charge is 0.375 e. The Morgan fingerprint density at radius 1 is 1.13 bits per heavy atom. The van der Waals surface area contributed by atoms with Crippen molar-refractivity contribution in [2.45, 2.75) is 19.1 Å². The van der Waals surface area contributed by atoms with E-state index >= 15 is 0 Å². The number of halogens is 1. The summed E-state index contributed by atoms with van der Waals surface area (Å²) in [6, 6.07) is 14.3. The molecule has 0 fully saturated rings. The van der Waals surface area contributed by atoms with E-state index < -0.39 is 6.04 Å². The van der Waals surface area contributed by atoms with Crippen molar-refractivity contribution in [2.24, 2.45) is 5.73 Å². The molecule has 122 valence electrons. The quantitative estimate of drug-likeness (QED) is 0.854. The number of benzene rings is 2. The van der Waals surface area contributed by atoms with Gasteiger partial charge in [-0.05, 0) is 30.2 Å². The van der Waals surface area contributed by atoms with E-state index in [1.165, 1.54) is 0 Å². The molecule has 1 amide bonds. The van der Waals surface area contributed by atoms with Crippen LogP contribution in [0.15, 0.2) is 48.5 Å². The molecule has 5 heteroatoms. The van der Waals surface area contributed by atoms with Crippen LogP contribution in [0.5, 0.6) is 0 Å². The normalized spacial score (nSPS) is 13.4. The number of carbonyl (C=O) groups is 1. The fraction of sp³-hybridized carbons (Fsp3) is 0.278. The number of methoxy groups -OCH3 is 1. The third-order valence-electron chi connectivity index (χ3n) is 3.71. The minimum Gasteiger partial charge on any atom is -0.375 e. The second-order valence-corrected chi connectivity index (χ2v) is 5.85. The van der Waals surface area contributed by atoms with Crippen molar-refractivity contribution in [1.29, 1.82) is 0 Å². The first-order chi connectivity index (χ1) is 11.0.